The molecule has 1 rings (SSSR count). The van der Waals surface area contributed by atoms with E-state index in [2.05, 4.69) is 26.1 Å². The van der Waals surface area contributed by atoms with E-state index < -0.39 is 46.6 Å². The first-order valence-electron chi connectivity index (χ1n) is 24.5. The van der Waals surface area contributed by atoms with Gasteiger partial charge in [0.1, 0.15) is 12.2 Å². The normalized spacial score (nSPS) is 17.5. The SMILES string of the molecule is CCCCCCCCCCCCCC(=O)OC(CCCCCCCCCCC)CC(=O)N[C@H]1COC[C@@H](OS(=O)(=O)O)[C@@H]1OC(=O)CCCCCCCCCCCCC. The van der Waals surface area contributed by atoms with Crippen molar-refractivity contribution in [2.24, 2.45) is 0 Å². The van der Waals surface area contributed by atoms with Crippen molar-refractivity contribution < 1.29 is 45.7 Å². The average molecular weight is 860 g/mol. The number of nitrogens with one attached hydrogen (secondary N) is 1. The fourth-order valence-electron chi connectivity index (χ4n) is 7.96. The minimum absolute atomic E-state index is 0.0466. The van der Waals surface area contributed by atoms with Crippen molar-refractivity contribution in [3.63, 3.8) is 0 Å². The van der Waals surface area contributed by atoms with Crippen LogP contribution in [0.2, 0.25) is 0 Å². The highest BCUT2D eigenvalue weighted by molar-refractivity contribution is 7.80. The number of amides is 1. The summed E-state index contributed by atoms with van der Waals surface area (Å²) >= 11 is 0. The monoisotopic (exact) mass is 860 g/mol. The lowest BCUT2D eigenvalue weighted by molar-refractivity contribution is -0.169. The summed E-state index contributed by atoms with van der Waals surface area (Å²) < 4.78 is 54.9. The number of carbonyl (C=O) groups excluding carboxylic acids is 3. The first-order chi connectivity index (χ1) is 28.6. The molecule has 59 heavy (non-hydrogen) atoms. The lowest BCUT2D eigenvalue weighted by Crippen LogP contribution is -2.58. The Hall–Kier alpha value is -1.76. The van der Waals surface area contributed by atoms with E-state index in [-0.39, 0.29) is 32.0 Å². The molecule has 0 saturated carbocycles. The molecule has 0 spiro atoms. The standard InChI is InChI=1S/C47H89NO10S/c1-4-7-10-13-16-19-21-24-27-30-33-36-45(50)56-41(35-32-29-26-23-18-15-12-9-6-3)38-44(49)48-42-39-55-40-43(58-59(52,53)54)47(42)57-46(51)37-34-31-28-25-22-20-17-14-11-8-5-2/h41-43,47H,4-40H2,1-3H3,(H,48,49)(H,52,53,54)/t41?,42-,43+,47+/m0/s1. The predicted octanol–water partition coefficient (Wildman–Crippen LogP) is 12.2. The largest absolute Gasteiger partial charge is 0.462 e. The van der Waals surface area contributed by atoms with Crippen LogP contribution in [0.3, 0.4) is 0 Å². The van der Waals surface area contributed by atoms with E-state index in [1.165, 1.54) is 135 Å². The second kappa shape index (κ2) is 38.0. The van der Waals surface area contributed by atoms with Crippen molar-refractivity contribution in [3.05, 3.63) is 0 Å². The summed E-state index contributed by atoms with van der Waals surface area (Å²) in [6.45, 7) is 6.38. The van der Waals surface area contributed by atoms with Gasteiger partial charge in [0.25, 0.3) is 0 Å². The number of hydrogen-bond acceptors (Lipinski definition) is 9. The predicted molar refractivity (Wildman–Crippen MR) is 238 cm³/mol. The summed E-state index contributed by atoms with van der Waals surface area (Å²) in [5, 5.41) is 2.84. The molecule has 0 radical (unpaired) electrons. The Morgan fingerprint density at radius 3 is 1.39 bits per heavy atom. The molecule has 1 heterocycles. The van der Waals surface area contributed by atoms with Crippen LogP contribution in [-0.4, -0.2) is 68.4 Å². The lowest BCUT2D eigenvalue weighted by Gasteiger charge is -2.36. The quantitative estimate of drug-likeness (QED) is 0.0345. The van der Waals surface area contributed by atoms with Crippen LogP contribution in [0.5, 0.6) is 0 Å². The minimum atomic E-state index is -4.90. The van der Waals surface area contributed by atoms with Gasteiger partial charge in [-0.3, -0.25) is 18.9 Å². The highest BCUT2D eigenvalue weighted by Gasteiger charge is 2.41. The molecule has 1 amide bonds. The van der Waals surface area contributed by atoms with E-state index in [0.717, 1.165) is 57.8 Å². The van der Waals surface area contributed by atoms with Crippen LogP contribution in [0.15, 0.2) is 0 Å². The van der Waals surface area contributed by atoms with Gasteiger partial charge in [-0.15, -0.1) is 0 Å². The van der Waals surface area contributed by atoms with Gasteiger partial charge in [-0.25, -0.2) is 4.18 Å². The molecule has 0 aromatic rings. The van der Waals surface area contributed by atoms with Crippen LogP contribution in [0.25, 0.3) is 0 Å². The molecule has 0 aromatic carbocycles. The maximum Gasteiger partial charge on any atom is 0.397 e. The molecule has 1 aliphatic rings. The summed E-state index contributed by atoms with van der Waals surface area (Å²) in [7, 11) is -4.90. The number of ether oxygens (including phenoxy) is 3. The van der Waals surface area contributed by atoms with Gasteiger partial charge >= 0.3 is 22.3 Å². The topological polar surface area (TPSA) is 155 Å². The zero-order chi connectivity index (χ0) is 43.2. The van der Waals surface area contributed by atoms with E-state index in [9.17, 15) is 27.4 Å². The van der Waals surface area contributed by atoms with Crippen molar-refractivity contribution in [3.8, 4) is 0 Å². The summed E-state index contributed by atoms with van der Waals surface area (Å²) in [4.78, 5) is 39.5. The zero-order valence-corrected chi connectivity index (χ0v) is 38.8. The van der Waals surface area contributed by atoms with Gasteiger partial charge in [-0.05, 0) is 25.7 Å². The van der Waals surface area contributed by atoms with Crippen molar-refractivity contribution in [2.75, 3.05) is 13.2 Å². The Bertz CT molecular complexity index is 1140. The molecule has 0 aliphatic carbocycles. The van der Waals surface area contributed by atoms with E-state index in [1.54, 1.807) is 0 Å². The smallest absolute Gasteiger partial charge is 0.397 e. The van der Waals surface area contributed by atoms with E-state index in [4.69, 9.17) is 18.4 Å². The second-order valence-corrected chi connectivity index (χ2v) is 18.3. The Kier molecular flexibility index (Phi) is 35.5. The first kappa shape index (κ1) is 55.3. The van der Waals surface area contributed by atoms with Crippen LogP contribution in [0, 0.1) is 0 Å². The van der Waals surface area contributed by atoms with Gasteiger partial charge in [-0.1, -0.05) is 201 Å². The van der Waals surface area contributed by atoms with E-state index in [0.29, 0.717) is 19.3 Å². The van der Waals surface area contributed by atoms with Crippen LogP contribution in [-0.2, 0) is 43.2 Å². The fraction of sp³-hybridized carbons (Fsp3) is 0.936. The van der Waals surface area contributed by atoms with E-state index in [1.807, 2.05) is 0 Å². The molecule has 0 aromatic heterocycles. The van der Waals surface area contributed by atoms with Gasteiger partial charge in [-0.2, -0.15) is 8.42 Å². The highest BCUT2D eigenvalue weighted by atomic mass is 32.3. The number of rotatable bonds is 41. The van der Waals surface area contributed by atoms with Crippen LogP contribution in [0.1, 0.15) is 245 Å². The number of unbranched alkanes of at least 4 members (excludes halogenated alkanes) is 28. The third-order valence-electron chi connectivity index (χ3n) is 11.5. The Balaban J connectivity index is 2.70. The van der Waals surface area contributed by atoms with Gasteiger partial charge in [0, 0.05) is 12.8 Å². The number of hydrogen-bond donors (Lipinski definition) is 2. The Morgan fingerprint density at radius 2 is 0.966 bits per heavy atom. The Morgan fingerprint density at radius 1 is 0.576 bits per heavy atom. The molecule has 1 fully saturated rings. The molecule has 1 unspecified atom stereocenters. The van der Waals surface area contributed by atoms with Crippen molar-refractivity contribution in [2.45, 2.75) is 270 Å². The maximum atomic E-state index is 13.5. The van der Waals surface area contributed by atoms with Crippen molar-refractivity contribution in [1.29, 1.82) is 0 Å². The summed E-state index contributed by atoms with van der Waals surface area (Å²) in [5.41, 5.74) is 0. The molecule has 12 heteroatoms. The van der Waals surface area contributed by atoms with Crippen LogP contribution < -0.4 is 5.32 Å². The third-order valence-corrected chi connectivity index (χ3v) is 12.0. The molecule has 348 valence electrons. The second-order valence-electron chi connectivity index (χ2n) is 17.2. The summed E-state index contributed by atoms with van der Waals surface area (Å²) in [5.74, 6) is -1.26. The molecule has 1 saturated heterocycles. The van der Waals surface area contributed by atoms with Gasteiger partial charge in [0.15, 0.2) is 6.10 Å². The molecule has 1 aliphatic heterocycles. The first-order valence-corrected chi connectivity index (χ1v) is 25.9. The van der Waals surface area contributed by atoms with Gasteiger partial charge in [0.05, 0.1) is 25.7 Å². The number of carbonyl (C=O) groups is 3. The van der Waals surface area contributed by atoms with Gasteiger partial charge < -0.3 is 19.5 Å². The van der Waals surface area contributed by atoms with Crippen molar-refractivity contribution >= 4 is 28.2 Å². The zero-order valence-electron chi connectivity index (χ0n) is 38.0. The summed E-state index contributed by atoms with van der Waals surface area (Å²) in [6.07, 6.45) is 33.7. The molecular formula is C47H89NO10S. The Labute approximate surface area is 361 Å². The van der Waals surface area contributed by atoms with E-state index >= 15 is 0 Å². The van der Waals surface area contributed by atoms with Gasteiger partial charge in [0.2, 0.25) is 5.91 Å². The van der Waals surface area contributed by atoms with Crippen molar-refractivity contribution in [1.82, 2.24) is 5.32 Å². The van der Waals surface area contributed by atoms with Crippen LogP contribution >= 0.6 is 0 Å². The fourth-order valence-corrected chi connectivity index (χ4v) is 8.44. The lowest BCUT2D eigenvalue weighted by atomic mass is 10.0. The maximum absolute atomic E-state index is 13.5. The molecule has 11 nitrogen and oxygen atoms in total. The molecule has 2 N–H and O–H groups in total. The minimum Gasteiger partial charge on any atom is -0.462 e. The average Bonchev–Trinajstić information content (AvgIpc) is 3.19. The number of esters is 2. The third kappa shape index (κ3) is 33.5. The molecule has 0 bridgehead atoms. The highest BCUT2D eigenvalue weighted by Crippen LogP contribution is 2.22. The van der Waals surface area contributed by atoms with Crippen LogP contribution in [0.4, 0.5) is 0 Å². The molecule has 4 atom stereocenters. The summed E-state index contributed by atoms with van der Waals surface area (Å²) in [6, 6.07) is -0.926. The molecular weight excluding hydrogens is 771 g/mol.